The van der Waals surface area contributed by atoms with E-state index in [0.29, 0.717) is 15.9 Å². The molecule has 2 aromatic rings. The van der Waals surface area contributed by atoms with Gasteiger partial charge in [0.05, 0.1) is 15.5 Å². The molecule has 0 aliphatic rings. The molecule has 0 unspecified atom stereocenters. The van der Waals surface area contributed by atoms with Gasteiger partial charge in [0.1, 0.15) is 0 Å². The lowest BCUT2D eigenvalue weighted by Crippen LogP contribution is -1.86. The maximum atomic E-state index is 10.5. The second-order valence-electron chi connectivity index (χ2n) is 2.75. The fraction of sp³-hybridized carbons (Fsp3) is 0. The minimum absolute atomic E-state index is 0.00210. The van der Waals surface area contributed by atoms with E-state index >= 15 is 0 Å². The molecule has 0 N–H and O–H groups in total. The summed E-state index contributed by atoms with van der Waals surface area (Å²) in [4.78, 5) is 10.0. The monoisotopic (exact) mass is 230 g/mol. The summed E-state index contributed by atoms with van der Waals surface area (Å²) in [6.45, 7) is 0. The summed E-state index contributed by atoms with van der Waals surface area (Å²) in [7, 11) is 0. The Hall–Kier alpha value is -1.26. The van der Waals surface area contributed by atoms with E-state index in [0.717, 1.165) is 0 Å². The number of nitro groups is 1. The predicted octanol–water partition coefficient (Wildman–Crippen LogP) is 3.20. The minimum atomic E-state index is -0.471. The van der Waals surface area contributed by atoms with Crippen LogP contribution in [0.1, 0.15) is 0 Å². The third-order valence-electron chi connectivity index (χ3n) is 1.91. The van der Waals surface area contributed by atoms with Crippen molar-refractivity contribution < 1.29 is 4.92 Å². The lowest BCUT2D eigenvalue weighted by molar-refractivity contribution is -0.384. The van der Waals surface area contributed by atoms with Gasteiger partial charge in [-0.05, 0) is 6.07 Å². The Balaban J connectivity index is 2.77. The van der Waals surface area contributed by atoms with Gasteiger partial charge in [-0.3, -0.25) is 14.2 Å². The Morgan fingerprint density at radius 2 is 2.14 bits per heavy atom. The first-order chi connectivity index (χ1) is 6.59. The highest BCUT2D eigenvalue weighted by atomic mass is 35.5. The second kappa shape index (κ2) is 3.15. The van der Waals surface area contributed by atoms with E-state index in [-0.39, 0.29) is 5.69 Å². The molecule has 0 amide bonds. The lowest BCUT2D eigenvalue weighted by atomic mass is 10.2. The smallest absolute Gasteiger partial charge is 0.259 e. The van der Waals surface area contributed by atoms with Crippen LogP contribution >= 0.6 is 23.4 Å². The number of hydrogen-bond donors (Lipinski definition) is 0. The summed E-state index contributed by atoms with van der Waals surface area (Å²) in [5.41, 5.74) is 0.657. The average Bonchev–Trinajstić information content (AvgIpc) is 2.42. The summed E-state index contributed by atoms with van der Waals surface area (Å²) in [5, 5.41) is 11.5. The van der Waals surface area contributed by atoms with Gasteiger partial charge in [0.2, 0.25) is 0 Å². The van der Waals surface area contributed by atoms with Crippen LogP contribution in [0.3, 0.4) is 0 Å². The molecule has 6 heteroatoms. The first-order valence-electron chi connectivity index (χ1n) is 3.71. The highest BCUT2D eigenvalue weighted by Crippen LogP contribution is 2.29. The summed E-state index contributed by atoms with van der Waals surface area (Å²) in [6, 6.07) is 4.35. The number of halogens is 2. The van der Waals surface area contributed by atoms with E-state index in [1.807, 2.05) is 0 Å². The second-order valence-corrected chi connectivity index (χ2v) is 3.52. The minimum Gasteiger partial charge on any atom is -0.259 e. The fourth-order valence-corrected chi connectivity index (χ4v) is 1.80. The van der Waals surface area contributed by atoms with Crippen LogP contribution in [0.2, 0.25) is 5.02 Å². The third kappa shape index (κ3) is 1.32. The van der Waals surface area contributed by atoms with E-state index in [2.05, 4.69) is 0 Å². The number of fused-ring (bicyclic) bond motifs is 1. The molecule has 0 spiro atoms. The quantitative estimate of drug-likeness (QED) is 0.558. The van der Waals surface area contributed by atoms with Gasteiger partial charge in [-0.1, -0.05) is 11.6 Å². The number of nitro benzene ring substituents is 1. The number of rotatable bonds is 1. The van der Waals surface area contributed by atoms with E-state index in [1.165, 1.54) is 22.4 Å². The van der Waals surface area contributed by atoms with Gasteiger partial charge in [0.25, 0.3) is 5.69 Å². The topological polar surface area (TPSA) is 48.1 Å². The molecule has 4 nitrogen and oxygen atoms in total. The lowest BCUT2D eigenvalue weighted by Gasteiger charge is -1.93. The number of hydrogen-bond acceptors (Lipinski definition) is 2. The highest BCUT2D eigenvalue weighted by molar-refractivity contribution is 6.37. The van der Waals surface area contributed by atoms with Crippen LogP contribution in [-0.2, 0) is 0 Å². The molecular weight excluding hydrogens is 227 g/mol. The van der Waals surface area contributed by atoms with Gasteiger partial charge in [0, 0.05) is 35.5 Å². The molecule has 0 aliphatic heterocycles. The Morgan fingerprint density at radius 3 is 2.79 bits per heavy atom. The Morgan fingerprint density at radius 1 is 1.43 bits per heavy atom. The molecule has 1 aromatic carbocycles. The number of non-ortho nitro benzene ring substituents is 1. The standard InChI is InChI=1S/C8H4Cl2N2O2/c9-7-4-11(10)8-2-1-5(12(13)14)3-6(7)8/h1-4H. The highest BCUT2D eigenvalue weighted by Gasteiger charge is 2.11. The van der Waals surface area contributed by atoms with Crippen molar-refractivity contribution in [1.29, 1.82) is 0 Å². The van der Waals surface area contributed by atoms with Crippen molar-refractivity contribution in [3.63, 3.8) is 0 Å². The summed E-state index contributed by atoms with van der Waals surface area (Å²) in [6.07, 6.45) is 1.50. The fourth-order valence-electron chi connectivity index (χ4n) is 1.25. The SMILES string of the molecule is O=[N+]([O-])c1ccc2c(c1)c(Cl)cn2Cl. The molecule has 72 valence electrons. The Labute approximate surface area is 88.9 Å². The third-order valence-corrected chi connectivity index (χ3v) is 2.49. The largest absolute Gasteiger partial charge is 0.270 e. The van der Waals surface area contributed by atoms with Crippen LogP contribution in [-0.4, -0.2) is 9.01 Å². The molecule has 0 saturated heterocycles. The van der Waals surface area contributed by atoms with Crippen LogP contribution in [0.5, 0.6) is 0 Å². The van der Waals surface area contributed by atoms with Crippen molar-refractivity contribution in [2.45, 2.75) is 0 Å². The van der Waals surface area contributed by atoms with Gasteiger partial charge >= 0.3 is 0 Å². The van der Waals surface area contributed by atoms with E-state index < -0.39 is 4.92 Å². The maximum absolute atomic E-state index is 10.5. The van der Waals surface area contributed by atoms with Crippen LogP contribution in [0, 0.1) is 10.1 Å². The van der Waals surface area contributed by atoms with E-state index in [4.69, 9.17) is 23.4 Å². The first kappa shape index (κ1) is 9.30. The van der Waals surface area contributed by atoms with Gasteiger partial charge in [0.15, 0.2) is 0 Å². The molecule has 0 aliphatic carbocycles. The molecule has 1 aromatic heterocycles. The molecule has 14 heavy (non-hydrogen) atoms. The summed E-state index contributed by atoms with van der Waals surface area (Å²) >= 11 is 11.6. The first-order valence-corrected chi connectivity index (χ1v) is 4.42. The zero-order chi connectivity index (χ0) is 10.3. The van der Waals surface area contributed by atoms with Crippen molar-refractivity contribution in [1.82, 2.24) is 4.09 Å². The average molecular weight is 231 g/mol. The Kier molecular flexibility index (Phi) is 2.09. The van der Waals surface area contributed by atoms with Crippen molar-refractivity contribution in [3.8, 4) is 0 Å². The van der Waals surface area contributed by atoms with Crippen LogP contribution < -0.4 is 0 Å². The normalized spacial score (nSPS) is 10.7. The molecule has 0 fully saturated rings. The molecule has 0 radical (unpaired) electrons. The van der Waals surface area contributed by atoms with Crippen LogP contribution in [0.4, 0.5) is 5.69 Å². The van der Waals surface area contributed by atoms with E-state index in [9.17, 15) is 10.1 Å². The van der Waals surface area contributed by atoms with Crippen molar-refractivity contribution in [3.05, 3.63) is 39.5 Å². The van der Waals surface area contributed by atoms with Crippen LogP contribution in [0.25, 0.3) is 10.9 Å². The number of nitrogens with zero attached hydrogens (tertiary/aromatic N) is 2. The van der Waals surface area contributed by atoms with Gasteiger partial charge in [-0.15, -0.1) is 0 Å². The van der Waals surface area contributed by atoms with Crippen molar-refractivity contribution in [2.24, 2.45) is 0 Å². The summed E-state index contributed by atoms with van der Waals surface area (Å²) in [5.74, 6) is 0. The van der Waals surface area contributed by atoms with Gasteiger partial charge in [-0.2, -0.15) is 0 Å². The molecule has 0 bridgehead atoms. The molecule has 2 rings (SSSR count). The summed E-state index contributed by atoms with van der Waals surface area (Å²) < 4.78 is 1.31. The number of benzene rings is 1. The Bertz CT molecular complexity index is 521. The van der Waals surface area contributed by atoms with Gasteiger partial charge in [-0.25, -0.2) is 0 Å². The van der Waals surface area contributed by atoms with Crippen molar-refractivity contribution >= 4 is 40.0 Å². The number of aromatic nitrogens is 1. The van der Waals surface area contributed by atoms with E-state index in [1.54, 1.807) is 6.07 Å². The zero-order valence-electron chi connectivity index (χ0n) is 6.78. The maximum Gasteiger partial charge on any atom is 0.270 e. The van der Waals surface area contributed by atoms with Crippen molar-refractivity contribution in [2.75, 3.05) is 0 Å². The zero-order valence-corrected chi connectivity index (χ0v) is 8.29. The molecular formula is C8H4Cl2N2O2. The molecule has 0 atom stereocenters. The molecule has 0 saturated carbocycles. The molecule has 1 heterocycles. The predicted molar refractivity (Wildman–Crippen MR) is 54.9 cm³/mol. The van der Waals surface area contributed by atoms with Gasteiger partial charge < -0.3 is 0 Å². The van der Waals surface area contributed by atoms with Crippen LogP contribution in [0.15, 0.2) is 24.4 Å².